The first kappa shape index (κ1) is 17.6. The van der Waals surface area contributed by atoms with Crippen LogP contribution >= 0.6 is 47.8 Å². The van der Waals surface area contributed by atoms with Gasteiger partial charge in [-0.25, -0.2) is 4.68 Å². The van der Waals surface area contributed by atoms with Crippen LogP contribution in [0, 0.1) is 6.92 Å². The van der Waals surface area contributed by atoms with E-state index in [-0.39, 0.29) is 0 Å². The van der Waals surface area contributed by atoms with Crippen molar-refractivity contribution in [2.24, 2.45) is 0 Å². The average molecular weight is 538 g/mol. The van der Waals surface area contributed by atoms with Crippen molar-refractivity contribution < 1.29 is 0 Å². The third-order valence-corrected chi connectivity index (χ3v) is 5.86. The Bertz CT molecular complexity index is 1070. The van der Waals surface area contributed by atoms with Crippen LogP contribution in [0.5, 0.6) is 0 Å². The van der Waals surface area contributed by atoms with Crippen molar-refractivity contribution in [2.75, 3.05) is 0 Å². The van der Waals surface area contributed by atoms with Gasteiger partial charge in [-0.3, -0.25) is 0 Å². The van der Waals surface area contributed by atoms with Gasteiger partial charge in [0.15, 0.2) is 0 Å². The van der Waals surface area contributed by atoms with E-state index >= 15 is 0 Å². The SMILES string of the molecule is Cc1nn(-c2ccc(Br)cc2)c(-c2cnn(-c3ccc(Br)cc3)n2)c1Br. The molecular weight excluding hydrogens is 526 g/mol. The van der Waals surface area contributed by atoms with Crippen molar-refractivity contribution >= 4 is 47.8 Å². The van der Waals surface area contributed by atoms with Gasteiger partial charge in [0.05, 0.1) is 27.7 Å². The molecule has 130 valence electrons. The summed E-state index contributed by atoms with van der Waals surface area (Å²) in [4.78, 5) is 1.61. The molecule has 0 amide bonds. The largest absolute Gasteiger partial charge is 0.230 e. The molecule has 0 aliphatic rings. The second-order valence-corrected chi connectivity index (χ2v) is 8.26. The number of nitrogens with zero attached hydrogens (tertiary/aromatic N) is 5. The monoisotopic (exact) mass is 535 g/mol. The maximum atomic E-state index is 4.65. The molecule has 26 heavy (non-hydrogen) atoms. The number of hydrogen-bond acceptors (Lipinski definition) is 3. The van der Waals surface area contributed by atoms with Crippen molar-refractivity contribution in [2.45, 2.75) is 6.92 Å². The Morgan fingerprint density at radius 3 is 1.96 bits per heavy atom. The number of benzene rings is 2. The van der Waals surface area contributed by atoms with Gasteiger partial charge < -0.3 is 0 Å². The van der Waals surface area contributed by atoms with E-state index in [2.05, 4.69) is 63.1 Å². The number of rotatable bonds is 3. The third-order valence-electron chi connectivity index (χ3n) is 3.85. The van der Waals surface area contributed by atoms with Gasteiger partial charge in [-0.05, 0) is 71.4 Å². The Hall–Kier alpha value is -1.77. The fourth-order valence-corrected chi connectivity index (χ4v) is 3.55. The average Bonchev–Trinajstić information content (AvgIpc) is 3.22. The van der Waals surface area contributed by atoms with E-state index in [1.165, 1.54) is 0 Å². The lowest BCUT2D eigenvalue weighted by molar-refractivity contribution is 0.751. The Kier molecular flexibility index (Phi) is 4.81. The summed E-state index contributed by atoms with van der Waals surface area (Å²) in [7, 11) is 0. The Morgan fingerprint density at radius 1 is 0.769 bits per heavy atom. The van der Waals surface area contributed by atoms with E-state index in [1.54, 1.807) is 11.0 Å². The van der Waals surface area contributed by atoms with Gasteiger partial charge in [0.25, 0.3) is 0 Å². The molecule has 0 atom stereocenters. The molecule has 0 radical (unpaired) electrons. The summed E-state index contributed by atoms with van der Waals surface area (Å²) < 4.78 is 4.82. The van der Waals surface area contributed by atoms with Gasteiger partial charge in [-0.15, -0.1) is 5.10 Å². The van der Waals surface area contributed by atoms with Crippen molar-refractivity contribution in [3.8, 4) is 22.8 Å². The Balaban J connectivity index is 1.81. The Morgan fingerprint density at radius 2 is 1.35 bits per heavy atom. The van der Waals surface area contributed by atoms with Crippen molar-refractivity contribution in [3.63, 3.8) is 0 Å². The highest BCUT2D eigenvalue weighted by Gasteiger charge is 2.19. The van der Waals surface area contributed by atoms with Crippen molar-refractivity contribution in [1.82, 2.24) is 24.8 Å². The summed E-state index contributed by atoms with van der Waals surface area (Å²) in [5.41, 5.74) is 4.34. The molecule has 2 aromatic heterocycles. The van der Waals surface area contributed by atoms with E-state index < -0.39 is 0 Å². The molecule has 4 aromatic rings. The minimum Gasteiger partial charge on any atom is -0.230 e. The van der Waals surface area contributed by atoms with E-state index in [0.29, 0.717) is 0 Å². The molecule has 0 bridgehead atoms. The van der Waals surface area contributed by atoms with Gasteiger partial charge in [0, 0.05) is 8.95 Å². The molecule has 0 saturated carbocycles. The zero-order valence-electron chi connectivity index (χ0n) is 13.6. The molecule has 2 aromatic carbocycles. The van der Waals surface area contributed by atoms with Crippen molar-refractivity contribution in [1.29, 1.82) is 0 Å². The van der Waals surface area contributed by atoms with Crippen molar-refractivity contribution in [3.05, 3.63) is 73.8 Å². The van der Waals surface area contributed by atoms with Crippen LogP contribution in [0.3, 0.4) is 0 Å². The molecule has 8 heteroatoms. The van der Waals surface area contributed by atoms with Crippen LogP contribution in [0.1, 0.15) is 5.69 Å². The summed E-state index contributed by atoms with van der Waals surface area (Å²) >= 11 is 10.6. The number of aryl methyl sites for hydroxylation is 1. The molecule has 4 rings (SSSR count). The molecule has 2 heterocycles. The predicted molar refractivity (Wildman–Crippen MR) is 112 cm³/mol. The fraction of sp³-hybridized carbons (Fsp3) is 0.0556. The smallest absolute Gasteiger partial charge is 0.133 e. The van der Waals surface area contributed by atoms with Gasteiger partial charge in [-0.2, -0.15) is 15.0 Å². The quantitative estimate of drug-likeness (QED) is 0.336. The van der Waals surface area contributed by atoms with E-state index in [0.717, 1.165) is 41.9 Å². The summed E-state index contributed by atoms with van der Waals surface area (Å²) in [5.74, 6) is 0. The molecule has 0 spiro atoms. The fourth-order valence-electron chi connectivity index (χ4n) is 2.57. The van der Waals surface area contributed by atoms with Gasteiger partial charge in [-0.1, -0.05) is 31.9 Å². The van der Waals surface area contributed by atoms with E-state index in [1.807, 2.05) is 60.1 Å². The second-order valence-electron chi connectivity index (χ2n) is 5.63. The minimum absolute atomic E-state index is 0.739. The number of hydrogen-bond donors (Lipinski definition) is 0. The Labute approximate surface area is 175 Å². The normalized spacial score (nSPS) is 11.1. The molecule has 5 nitrogen and oxygen atoms in total. The lowest BCUT2D eigenvalue weighted by Crippen LogP contribution is -2.01. The predicted octanol–water partition coefficient (Wildman–Crippen LogP) is 5.72. The lowest BCUT2D eigenvalue weighted by atomic mass is 10.2. The molecule has 0 aliphatic carbocycles. The summed E-state index contributed by atoms with van der Waals surface area (Å²) in [5, 5.41) is 13.7. The molecular formula is C18H12Br3N5. The first-order valence-corrected chi connectivity index (χ1v) is 10.1. The van der Waals surface area contributed by atoms with Gasteiger partial charge in [0.2, 0.25) is 0 Å². The van der Waals surface area contributed by atoms with Crippen LogP contribution in [-0.4, -0.2) is 24.8 Å². The van der Waals surface area contributed by atoms with Gasteiger partial charge >= 0.3 is 0 Å². The highest BCUT2D eigenvalue weighted by molar-refractivity contribution is 9.11. The summed E-state index contributed by atoms with van der Waals surface area (Å²) in [6.07, 6.45) is 1.75. The molecule has 0 fully saturated rings. The van der Waals surface area contributed by atoms with Crippen LogP contribution in [0.15, 0.2) is 68.1 Å². The highest BCUT2D eigenvalue weighted by Crippen LogP contribution is 2.32. The summed E-state index contributed by atoms with van der Waals surface area (Å²) in [6, 6.07) is 15.8. The first-order valence-electron chi connectivity index (χ1n) is 7.72. The first-order chi connectivity index (χ1) is 12.5. The number of aromatic nitrogens is 5. The maximum absolute atomic E-state index is 4.65. The molecule has 0 saturated heterocycles. The number of halogens is 3. The zero-order chi connectivity index (χ0) is 18.3. The maximum Gasteiger partial charge on any atom is 0.133 e. The molecule has 0 aliphatic heterocycles. The standard InChI is InChI=1S/C18H12Br3N5/c1-11-17(21)18(25(23-11)14-6-2-12(19)3-7-14)16-10-22-26(24-16)15-8-4-13(20)5-9-15/h2-10H,1H3. The lowest BCUT2D eigenvalue weighted by Gasteiger charge is -2.06. The minimum atomic E-state index is 0.739. The van der Waals surface area contributed by atoms with Crippen LogP contribution < -0.4 is 0 Å². The third kappa shape index (κ3) is 3.28. The van der Waals surface area contributed by atoms with E-state index in [9.17, 15) is 0 Å². The van der Waals surface area contributed by atoms with Crippen LogP contribution in [0.25, 0.3) is 22.8 Å². The van der Waals surface area contributed by atoms with Crippen LogP contribution in [-0.2, 0) is 0 Å². The van der Waals surface area contributed by atoms with Crippen LogP contribution in [0.4, 0.5) is 0 Å². The highest BCUT2D eigenvalue weighted by atomic mass is 79.9. The van der Waals surface area contributed by atoms with E-state index in [4.69, 9.17) is 0 Å². The second kappa shape index (κ2) is 7.09. The summed E-state index contributed by atoms with van der Waals surface area (Å²) in [6.45, 7) is 1.96. The molecule has 0 unspecified atom stereocenters. The topological polar surface area (TPSA) is 48.5 Å². The van der Waals surface area contributed by atoms with Crippen LogP contribution in [0.2, 0.25) is 0 Å². The molecule has 0 N–H and O–H groups in total. The van der Waals surface area contributed by atoms with Gasteiger partial charge in [0.1, 0.15) is 11.4 Å². The zero-order valence-corrected chi connectivity index (χ0v) is 18.3.